The highest BCUT2D eigenvalue weighted by molar-refractivity contribution is 5.83. The number of benzene rings is 3. The Kier molecular flexibility index (Phi) is 12.8. The normalized spacial score (nSPS) is 16.6. The lowest BCUT2D eigenvalue weighted by Crippen LogP contribution is -2.44. The minimum atomic E-state index is -2.27. The van der Waals surface area contributed by atoms with Crippen molar-refractivity contribution in [1.82, 2.24) is 4.90 Å². The summed E-state index contributed by atoms with van der Waals surface area (Å²) in [4.78, 5) is 22.0. The molecule has 244 valence electrons. The van der Waals surface area contributed by atoms with Crippen LogP contribution in [-0.2, 0) is 20.6 Å². The molecule has 1 fully saturated rings. The summed E-state index contributed by atoms with van der Waals surface area (Å²) in [6.45, 7) is 9.57. The third-order valence-electron chi connectivity index (χ3n) is 8.52. The van der Waals surface area contributed by atoms with Gasteiger partial charge in [-0.25, -0.2) is 9.59 Å². The van der Waals surface area contributed by atoms with Crippen LogP contribution in [0.5, 0.6) is 0 Å². The highest BCUT2D eigenvalue weighted by Crippen LogP contribution is 2.42. The maximum absolute atomic E-state index is 12.1. The zero-order valence-electron chi connectivity index (χ0n) is 26.3. The maximum Gasteiger partial charge on any atom is 0.335 e. The predicted octanol–water partition coefficient (Wildman–Crippen LogP) is 4.32. The molecular weight excluding hydrogens is 574 g/mol. The summed E-state index contributed by atoms with van der Waals surface area (Å²) in [5, 5.41) is 55.3. The number of hydrogen-bond donors (Lipinski definition) is 6. The van der Waals surface area contributed by atoms with Crippen LogP contribution in [0.1, 0.15) is 74.8 Å². The minimum Gasteiger partial charge on any atom is -0.479 e. The number of rotatable bonds is 11. The third-order valence-corrected chi connectivity index (χ3v) is 8.52. The van der Waals surface area contributed by atoms with Crippen molar-refractivity contribution in [3.05, 3.63) is 107 Å². The quantitative estimate of drug-likeness (QED) is 0.183. The van der Waals surface area contributed by atoms with E-state index in [-0.39, 0.29) is 11.3 Å². The molecule has 3 unspecified atom stereocenters. The summed E-state index contributed by atoms with van der Waals surface area (Å²) in [6, 6.07) is 28.7. The number of aliphatic hydroxyl groups is 4. The number of carbonyl (C=O) groups is 2. The SMILES string of the molecule is CC(C)(C)c1ccc(C(O)CCCN2CCC(C(O)(c3ccccc3)c3ccccc3)CC2)cc1.O=C(O)C(O)C(O)C(=O)O. The monoisotopic (exact) mass is 621 g/mol. The van der Waals surface area contributed by atoms with E-state index in [4.69, 9.17) is 20.4 Å². The number of aliphatic hydroxyl groups excluding tert-OH is 3. The van der Waals surface area contributed by atoms with Gasteiger partial charge in [-0.1, -0.05) is 106 Å². The Hall–Kier alpha value is -3.60. The molecule has 0 aromatic heterocycles. The van der Waals surface area contributed by atoms with Crippen LogP contribution in [0, 0.1) is 5.92 Å². The Balaban J connectivity index is 0.000000477. The molecule has 1 aliphatic rings. The van der Waals surface area contributed by atoms with Crippen LogP contribution >= 0.6 is 0 Å². The Labute approximate surface area is 265 Å². The molecule has 1 saturated heterocycles. The van der Waals surface area contributed by atoms with Gasteiger partial charge < -0.3 is 35.5 Å². The number of nitrogens with zero attached hydrogens (tertiary/aromatic N) is 1. The van der Waals surface area contributed by atoms with Gasteiger partial charge in [0.1, 0.15) is 5.60 Å². The second-order valence-electron chi connectivity index (χ2n) is 12.7. The first-order chi connectivity index (χ1) is 21.2. The first-order valence-corrected chi connectivity index (χ1v) is 15.4. The summed E-state index contributed by atoms with van der Waals surface area (Å²) >= 11 is 0. The number of likely N-dealkylation sites (tertiary alicyclic amines) is 1. The molecule has 0 bridgehead atoms. The molecule has 0 spiro atoms. The summed E-state index contributed by atoms with van der Waals surface area (Å²) in [5.74, 6) is -3.36. The second-order valence-corrected chi connectivity index (χ2v) is 12.7. The van der Waals surface area contributed by atoms with Crippen LogP contribution in [0.4, 0.5) is 0 Å². The van der Waals surface area contributed by atoms with E-state index in [0.717, 1.165) is 62.0 Å². The summed E-state index contributed by atoms with van der Waals surface area (Å²) in [5.41, 5.74) is 3.41. The summed E-state index contributed by atoms with van der Waals surface area (Å²) in [7, 11) is 0. The molecule has 0 amide bonds. The lowest BCUT2D eigenvalue weighted by molar-refractivity contribution is -0.165. The van der Waals surface area contributed by atoms with E-state index in [1.165, 1.54) is 5.56 Å². The van der Waals surface area contributed by atoms with Crippen molar-refractivity contribution < 1.29 is 40.2 Å². The van der Waals surface area contributed by atoms with Gasteiger partial charge >= 0.3 is 11.9 Å². The molecule has 3 aromatic rings. The van der Waals surface area contributed by atoms with Gasteiger partial charge in [0.2, 0.25) is 0 Å². The lowest BCUT2D eigenvalue weighted by Gasteiger charge is -2.42. The van der Waals surface area contributed by atoms with E-state index in [1.54, 1.807) is 0 Å². The molecular formula is C36H47NO8. The number of carboxylic acids is 2. The smallest absolute Gasteiger partial charge is 0.335 e. The lowest BCUT2D eigenvalue weighted by atomic mass is 9.72. The molecule has 9 nitrogen and oxygen atoms in total. The molecule has 6 N–H and O–H groups in total. The second kappa shape index (κ2) is 16.1. The van der Waals surface area contributed by atoms with E-state index >= 15 is 0 Å². The van der Waals surface area contributed by atoms with Crippen LogP contribution < -0.4 is 0 Å². The van der Waals surface area contributed by atoms with Crippen molar-refractivity contribution in [2.75, 3.05) is 19.6 Å². The molecule has 45 heavy (non-hydrogen) atoms. The molecule has 1 heterocycles. The molecule has 0 radical (unpaired) electrons. The van der Waals surface area contributed by atoms with Crippen molar-refractivity contribution in [3.63, 3.8) is 0 Å². The van der Waals surface area contributed by atoms with Crippen LogP contribution in [0.15, 0.2) is 84.9 Å². The topological polar surface area (TPSA) is 159 Å². The minimum absolute atomic E-state index is 0.128. The Morgan fingerprint density at radius 3 is 1.58 bits per heavy atom. The molecule has 3 atom stereocenters. The van der Waals surface area contributed by atoms with E-state index in [2.05, 4.69) is 74.2 Å². The fourth-order valence-electron chi connectivity index (χ4n) is 5.75. The van der Waals surface area contributed by atoms with Crippen molar-refractivity contribution in [3.8, 4) is 0 Å². The van der Waals surface area contributed by atoms with Gasteiger partial charge in [-0.15, -0.1) is 0 Å². The number of aliphatic carboxylic acids is 2. The van der Waals surface area contributed by atoms with Gasteiger partial charge in [0.25, 0.3) is 0 Å². The van der Waals surface area contributed by atoms with Crippen LogP contribution in [0.25, 0.3) is 0 Å². The molecule has 0 aliphatic carbocycles. The standard InChI is InChI=1S/C32H41NO2.C4H6O6/c1-31(2,3)26-18-16-25(17-19-26)30(34)15-10-22-33-23-20-29(21-24-33)32(35,27-11-6-4-7-12-27)28-13-8-5-9-14-28;5-1(3(7)8)2(6)4(9)10/h4-9,11-14,16-19,29-30,34-35H,10,15,20-24H2,1-3H3;1-2,5-6H,(H,7,8)(H,9,10). The predicted molar refractivity (Wildman–Crippen MR) is 172 cm³/mol. The van der Waals surface area contributed by atoms with E-state index in [0.29, 0.717) is 0 Å². The Morgan fingerprint density at radius 2 is 1.18 bits per heavy atom. The molecule has 9 heteroatoms. The van der Waals surface area contributed by atoms with Gasteiger partial charge in [0.05, 0.1) is 6.10 Å². The van der Waals surface area contributed by atoms with E-state index < -0.39 is 35.9 Å². The molecule has 4 rings (SSSR count). The van der Waals surface area contributed by atoms with E-state index in [1.807, 2.05) is 36.4 Å². The highest BCUT2D eigenvalue weighted by Gasteiger charge is 2.41. The van der Waals surface area contributed by atoms with Crippen LogP contribution in [0.2, 0.25) is 0 Å². The van der Waals surface area contributed by atoms with E-state index in [9.17, 15) is 19.8 Å². The van der Waals surface area contributed by atoms with Crippen LogP contribution in [-0.4, -0.2) is 79.3 Å². The van der Waals surface area contributed by atoms with Crippen molar-refractivity contribution in [1.29, 1.82) is 0 Å². The highest BCUT2D eigenvalue weighted by atomic mass is 16.4. The number of carboxylic acid groups (broad SMARTS) is 2. The van der Waals surface area contributed by atoms with Crippen molar-refractivity contribution in [2.45, 2.75) is 75.8 Å². The molecule has 1 aliphatic heterocycles. The maximum atomic E-state index is 12.1. The van der Waals surface area contributed by atoms with Crippen molar-refractivity contribution >= 4 is 11.9 Å². The van der Waals surface area contributed by atoms with Crippen LogP contribution in [0.3, 0.4) is 0 Å². The van der Waals surface area contributed by atoms with Crippen molar-refractivity contribution in [2.24, 2.45) is 5.92 Å². The van der Waals surface area contributed by atoms with Gasteiger partial charge in [-0.3, -0.25) is 0 Å². The summed E-state index contributed by atoms with van der Waals surface area (Å²) < 4.78 is 0. The van der Waals surface area contributed by atoms with Gasteiger partial charge in [-0.2, -0.15) is 0 Å². The van der Waals surface area contributed by atoms with Gasteiger partial charge in [-0.05, 0) is 78.9 Å². The number of hydrogen-bond acceptors (Lipinski definition) is 7. The third kappa shape index (κ3) is 9.69. The zero-order chi connectivity index (χ0) is 33.2. The van der Waals surface area contributed by atoms with Gasteiger partial charge in [0, 0.05) is 0 Å². The van der Waals surface area contributed by atoms with Gasteiger partial charge in [0.15, 0.2) is 12.2 Å². The fourth-order valence-corrected chi connectivity index (χ4v) is 5.75. The number of piperidine rings is 1. The zero-order valence-corrected chi connectivity index (χ0v) is 26.3. The average molecular weight is 622 g/mol. The summed E-state index contributed by atoms with van der Waals surface area (Å²) in [6.07, 6.45) is -1.30. The first kappa shape index (κ1) is 35.9. The fraction of sp³-hybridized carbons (Fsp3) is 0.444. The molecule has 3 aromatic carbocycles. The first-order valence-electron chi connectivity index (χ1n) is 15.4. The average Bonchev–Trinajstić information content (AvgIpc) is 3.04. The molecule has 0 saturated carbocycles. The largest absolute Gasteiger partial charge is 0.479 e. The Morgan fingerprint density at radius 1 is 0.733 bits per heavy atom. The Bertz CT molecular complexity index is 1280.